The van der Waals surface area contributed by atoms with Crippen LogP contribution in [-0.4, -0.2) is 44.1 Å². The minimum Gasteiger partial charge on any atom is -0.497 e. The Morgan fingerprint density at radius 2 is 1.85 bits per heavy atom. The van der Waals surface area contributed by atoms with Crippen LogP contribution in [0.1, 0.15) is 50.5 Å². The van der Waals surface area contributed by atoms with E-state index in [1.807, 2.05) is 12.1 Å². The van der Waals surface area contributed by atoms with Crippen molar-refractivity contribution in [1.29, 1.82) is 0 Å². The monoisotopic (exact) mass is 378 g/mol. The lowest BCUT2D eigenvalue weighted by Crippen LogP contribution is -2.51. The lowest BCUT2D eigenvalue weighted by Gasteiger charge is -2.42. The molecular weight excluding hydrogens is 348 g/mol. The number of benzene rings is 1. The molecule has 144 valence electrons. The summed E-state index contributed by atoms with van der Waals surface area (Å²) in [6.45, 7) is 4.12. The smallest absolute Gasteiger partial charge is 0.233 e. The second-order valence-corrected chi connectivity index (χ2v) is 8.24. The van der Waals surface area contributed by atoms with Crippen LogP contribution in [0.4, 0.5) is 0 Å². The Morgan fingerprint density at radius 3 is 2.46 bits per heavy atom. The van der Waals surface area contributed by atoms with Gasteiger partial charge < -0.3 is 15.0 Å². The van der Waals surface area contributed by atoms with Gasteiger partial charge in [0.15, 0.2) is 0 Å². The first-order valence-electron chi connectivity index (χ1n) is 9.82. The normalized spacial score (nSPS) is 23.7. The lowest BCUT2D eigenvalue weighted by molar-refractivity contribution is -0.139. The maximum Gasteiger partial charge on any atom is 0.233 e. The number of halogens is 1. The minimum atomic E-state index is -0.326. The van der Waals surface area contributed by atoms with Crippen molar-refractivity contribution in [3.8, 4) is 5.75 Å². The van der Waals surface area contributed by atoms with Gasteiger partial charge in [0.25, 0.3) is 0 Å². The van der Waals surface area contributed by atoms with Gasteiger partial charge in [0.2, 0.25) is 5.91 Å². The molecule has 26 heavy (non-hydrogen) atoms. The quantitative estimate of drug-likeness (QED) is 0.874. The molecule has 0 unspecified atom stereocenters. The molecule has 1 N–H and O–H groups in total. The molecule has 2 saturated heterocycles. The summed E-state index contributed by atoms with van der Waals surface area (Å²) < 4.78 is 5.42. The second kappa shape index (κ2) is 7.77. The number of methoxy groups -OCH3 is 1. The number of ether oxygens (including phenoxy) is 1. The van der Waals surface area contributed by atoms with E-state index >= 15 is 0 Å². The van der Waals surface area contributed by atoms with E-state index in [2.05, 4.69) is 22.3 Å². The number of carbonyl (C=O) groups excluding carboxylic acids is 1. The molecule has 1 spiro atoms. The Labute approximate surface area is 163 Å². The number of hydrogen-bond donors (Lipinski definition) is 1. The van der Waals surface area contributed by atoms with Crippen molar-refractivity contribution in [3.63, 3.8) is 0 Å². The predicted molar refractivity (Wildman–Crippen MR) is 106 cm³/mol. The molecule has 1 amide bonds. The van der Waals surface area contributed by atoms with Gasteiger partial charge in [-0.05, 0) is 61.8 Å². The molecule has 2 heterocycles. The van der Waals surface area contributed by atoms with E-state index in [4.69, 9.17) is 4.74 Å². The highest BCUT2D eigenvalue weighted by Crippen LogP contribution is 2.45. The van der Waals surface area contributed by atoms with Crippen LogP contribution in [0.5, 0.6) is 5.75 Å². The number of nitrogens with zero attached hydrogens (tertiary/aromatic N) is 1. The van der Waals surface area contributed by atoms with Crippen molar-refractivity contribution < 1.29 is 9.53 Å². The fourth-order valence-corrected chi connectivity index (χ4v) is 5.23. The minimum absolute atomic E-state index is 0. The van der Waals surface area contributed by atoms with E-state index in [9.17, 15) is 4.79 Å². The fourth-order valence-electron chi connectivity index (χ4n) is 5.23. The molecule has 3 aliphatic rings. The van der Waals surface area contributed by atoms with Gasteiger partial charge in [-0.3, -0.25) is 4.79 Å². The van der Waals surface area contributed by atoms with Gasteiger partial charge in [0, 0.05) is 19.6 Å². The average molecular weight is 379 g/mol. The molecule has 1 aliphatic carbocycles. The summed E-state index contributed by atoms with van der Waals surface area (Å²) >= 11 is 0. The number of hydrogen-bond acceptors (Lipinski definition) is 3. The third-order valence-electron chi connectivity index (χ3n) is 6.93. The zero-order valence-electron chi connectivity index (χ0n) is 15.8. The SMILES string of the molecule is COc1cccc(C2(C(=O)N3CCC4(CCNC4)CC3)CCCC2)c1.Cl. The number of amides is 1. The molecule has 3 fully saturated rings. The second-order valence-electron chi connectivity index (χ2n) is 8.24. The van der Waals surface area contributed by atoms with Gasteiger partial charge in [0.05, 0.1) is 12.5 Å². The summed E-state index contributed by atoms with van der Waals surface area (Å²) in [7, 11) is 1.70. The third kappa shape index (κ3) is 3.34. The van der Waals surface area contributed by atoms with E-state index in [0.717, 1.165) is 76.0 Å². The molecular formula is C21H31ClN2O2. The van der Waals surface area contributed by atoms with E-state index < -0.39 is 0 Å². The summed E-state index contributed by atoms with van der Waals surface area (Å²) in [6.07, 6.45) is 7.82. The first-order valence-corrected chi connectivity index (χ1v) is 9.82. The maximum absolute atomic E-state index is 13.6. The van der Waals surface area contributed by atoms with Crippen molar-refractivity contribution in [1.82, 2.24) is 10.2 Å². The first-order chi connectivity index (χ1) is 12.2. The standard InChI is InChI=1S/C21H30N2O2.ClH/c1-25-18-6-4-5-17(15-18)21(7-2-3-8-21)19(24)23-13-10-20(11-14-23)9-12-22-16-20;/h4-6,15,22H,2-3,7-14,16H2,1H3;1H. The fraction of sp³-hybridized carbons (Fsp3) is 0.667. The number of rotatable bonds is 3. The number of carbonyl (C=O) groups is 1. The molecule has 1 saturated carbocycles. The van der Waals surface area contributed by atoms with Crippen LogP contribution in [0.3, 0.4) is 0 Å². The maximum atomic E-state index is 13.6. The molecule has 5 heteroatoms. The lowest BCUT2D eigenvalue weighted by atomic mass is 9.74. The predicted octanol–water partition coefficient (Wildman–Crippen LogP) is 3.53. The molecule has 0 atom stereocenters. The van der Waals surface area contributed by atoms with Crippen molar-refractivity contribution in [2.24, 2.45) is 5.41 Å². The van der Waals surface area contributed by atoms with Gasteiger partial charge in [-0.2, -0.15) is 0 Å². The van der Waals surface area contributed by atoms with E-state index in [0.29, 0.717) is 11.3 Å². The molecule has 0 aromatic heterocycles. The van der Waals surface area contributed by atoms with Gasteiger partial charge in [0.1, 0.15) is 5.75 Å². The summed E-state index contributed by atoms with van der Waals surface area (Å²) in [5.74, 6) is 1.21. The molecule has 1 aromatic rings. The van der Waals surface area contributed by atoms with Gasteiger partial charge in [-0.15, -0.1) is 12.4 Å². The summed E-state index contributed by atoms with van der Waals surface area (Å²) in [5.41, 5.74) is 1.28. The zero-order valence-corrected chi connectivity index (χ0v) is 16.6. The molecule has 4 nitrogen and oxygen atoms in total. The first kappa shape index (κ1) is 19.5. The van der Waals surface area contributed by atoms with E-state index in [-0.39, 0.29) is 17.8 Å². The van der Waals surface area contributed by atoms with Gasteiger partial charge in [-0.25, -0.2) is 0 Å². The molecule has 0 radical (unpaired) electrons. The Balaban J connectivity index is 0.00000196. The Kier molecular flexibility index (Phi) is 5.83. The van der Waals surface area contributed by atoms with Crippen LogP contribution in [-0.2, 0) is 10.2 Å². The van der Waals surface area contributed by atoms with Gasteiger partial charge in [-0.1, -0.05) is 25.0 Å². The van der Waals surface area contributed by atoms with Crippen LogP contribution in [0.25, 0.3) is 0 Å². The zero-order chi connectivity index (χ0) is 17.3. The van der Waals surface area contributed by atoms with Crippen LogP contribution in [0.15, 0.2) is 24.3 Å². The largest absolute Gasteiger partial charge is 0.497 e. The summed E-state index contributed by atoms with van der Waals surface area (Å²) in [5, 5.41) is 3.51. The highest BCUT2D eigenvalue weighted by Gasteiger charge is 2.47. The van der Waals surface area contributed by atoms with Crippen LogP contribution >= 0.6 is 12.4 Å². The number of likely N-dealkylation sites (tertiary alicyclic amines) is 1. The molecule has 2 aliphatic heterocycles. The number of piperidine rings is 1. The Morgan fingerprint density at radius 1 is 1.12 bits per heavy atom. The van der Waals surface area contributed by atoms with Crippen LogP contribution < -0.4 is 10.1 Å². The topological polar surface area (TPSA) is 41.6 Å². The van der Waals surface area contributed by atoms with Crippen molar-refractivity contribution in [3.05, 3.63) is 29.8 Å². The van der Waals surface area contributed by atoms with E-state index in [1.54, 1.807) is 7.11 Å². The highest BCUT2D eigenvalue weighted by molar-refractivity contribution is 5.89. The van der Waals surface area contributed by atoms with Crippen molar-refractivity contribution in [2.75, 3.05) is 33.3 Å². The average Bonchev–Trinajstić information content (AvgIpc) is 3.33. The highest BCUT2D eigenvalue weighted by atomic mass is 35.5. The van der Waals surface area contributed by atoms with Crippen molar-refractivity contribution in [2.45, 2.75) is 50.4 Å². The molecule has 1 aromatic carbocycles. The Bertz CT molecular complexity index is 627. The summed E-state index contributed by atoms with van der Waals surface area (Å²) in [4.78, 5) is 15.8. The molecule has 4 rings (SSSR count). The van der Waals surface area contributed by atoms with Crippen LogP contribution in [0.2, 0.25) is 0 Å². The Hall–Kier alpha value is -1.26. The van der Waals surface area contributed by atoms with Gasteiger partial charge >= 0.3 is 0 Å². The number of nitrogens with one attached hydrogen (secondary N) is 1. The van der Waals surface area contributed by atoms with Crippen LogP contribution in [0, 0.1) is 5.41 Å². The van der Waals surface area contributed by atoms with E-state index in [1.165, 1.54) is 6.42 Å². The summed E-state index contributed by atoms with van der Waals surface area (Å²) in [6, 6.07) is 8.19. The molecule has 0 bridgehead atoms. The van der Waals surface area contributed by atoms with Crippen molar-refractivity contribution >= 4 is 18.3 Å². The third-order valence-corrected chi connectivity index (χ3v) is 6.93.